The summed E-state index contributed by atoms with van der Waals surface area (Å²) in [6, 6.07) is 13.7. The number of nitrogens with one attached hydrogen (secondary N) is 1. The first-order valence-corrected chi connectivity index (χ1v) is 10.4. The first-order chi connectivity index (χ1) is 13.4. The minimum atomic E-state index is -3.75. The van der Waals surface area contributed by atoms with E-state index in [1.165, 1.54) is 19.2 Å². The van der Waals surface area contributed by atoms with Crippen molar-refractivity contribution in [2.45, 2.75) is 18.2 Å². The molecule has 1 N–H and O–H groups in total. The van der Waals surface area contributed by atoms with Gasteiger partial charge < -0.3 is 14.8 Å². The summed E-state index contributed by atoms with van der Waals surface area (Å²) >= 11 is 0. The molecule has 0 fully saturated rings. The largest absolute Gasteiger partial charge is 0.497 e. The van der Waals surface area contributed by atoms with E-state index in [4.69, 9.17) is 9.47 Å². The predicted molar refractivity (Wildman–Crippen MR) is 107 cm³/mol. The fraction of sp³-hybridized carbons (Fsp3) is 0.350. The summed E-state index contributed by atoms with van der Waals surface area (Å²) in [7, 11) is -0.635. The van der Waals surface area contributed by atoms with E-state index in [1.54, 1.807) is 26.2 Å². The van der Waals surface area contributed by atoms with Crippen molar-refractivity contribution in [3.63, 3.8) is 0 Å². The highest BCUT2D eigenvalue weighted by atomic mass is 32.2. The quantitative estimate of drug-likeness (QED) is 0.653. The molecule has 152 valence electrons. The topological polar surface area (TPSA) is 84.9 Å². The van der Waals surface area contributed by atoms with Gasteiger partial charge in [-0.2, -0.15) is 4.31 Å². The van der Waals surface area contributed by atoms with E-state index in [2.05, 4.69) is 5.32 Å². The lowest BCUT2D eigenvalue weighted by Gasteiger charge is -2.20. The number of hydrogen-bond donors (Lipinski definition) is 1. The number of methoxy groups -OCH3 is 2. The maximum absolute atomic E-state index is 12.7. The number of hydrogen-bond acceptors (Lipinski definition) is 5. The number of amides is 1. The van der Waals surface area contributed by atoms with E-state index >= 15 is 0 Å². The fourth-order valence-corrected chi connectivity index (χ4v) is 4.02. The van der Waals surface area contributed by atoms with Crippen LogP contribution in [0.5, 0.6) is 11.5 Å². The van der Waals surface area contributed by atoms with E-state index in [9.17, 15) is 13.2 Å². The Morgan fingerprint density at radius 1 is 0.964 bits per heavy atom. The van der Waals surface area contributed by atoms with Crippen LogP contribution in [0.25, 0.3) is 0 Å². The molecule has 2 rings (SSSR count). The molecule has 0 heterocycles. The molecule has 28 heavy (non-hydrogen) atoms. The first-order valence-electron chi connectivity index (χ1n) is 8.94. The van der Waals surface area contributed by atoms with Crippen LogP contribution in [-0.2, 0) is 21.2 Å². The molecule has 0 radical (unpaired) electrons. The van der Waals surface area contributed by atoms with Gasteiger partial charge in [-0.3, -0.25) is 4.79 Å². The lowest BCUT2D eigenvalue weighted by atomic mass is 10.1. The molecule has 0 saturated heterocycles. The average molecular weight is 407 g/mol. The van der Waals surface area contributed by atoms with Crippen molar-refractivity contribution in [3.05, 3.63) is 54.1 Å². The molecule has 2 aromatic carbocycles. The summed E-state index contributed by atoms with van der Waals surface area (Å²) in [6.07, 6.45) is 0.646. The molecular weight excluding hydrogens is 380 g/mol. The Kier molecular flexibility index (Phi) is 7.83. The van der Waals surface area contributed by atoms with Gasteiger partial charge in [0.15, 0.2) is 0 Å². The molecule has 0 atom stereocenters. The van der Waals surface area contributed by atoms with E-state index in [0.717, 1.165) is 15.6 Å². The minimum absolute atomic E-state index is 0.126. The summed E-state index contributed by atoms with van der Waals surface area (Å²) in [5.41, 5.74) is 1.05. The van der Waals surface area contributed by atoms with E-state index in [1.807, 2.05) is 24.3 Å². The molecule has 0 aliphatic rings. The van der Waals surface area contributed by atoms with Crippen molar-refractivity contribution in [1.29, 1.82) is 0 Å². The molecule has 8 heteroatoms. The molecule has 0 aromatic heterocycles. The van der Waals surface area contributed by atoms with Crippen LogP contribution in [0, 0.1) is 0 Å². The van der Waals surface area contributed by atoms with Gasteiger partial charge in [0.25, 0.3) is 0 Å². The Morgan fingerprint density at radius 3 is 2.00 bits per heavy atom. The third kappa shape index (κ3) is 5.71. The molecule has 0 aliphatic heterocycles. The highest BCUT2D eigenvalue weighted by Crippen LogP contribution is 2.19. The Balaban J connectivity index is 1.91. The van der Waals surface area contributed by atoms with Crippen LogP contribution in [0.2, 0.25) is 0 Å². The Hall–Kier alpha value is -2.58. The van der Waals surface area contributed by atoms with Gasteiger partial charge in [0.1, 0.15) is 11.5 Å². The molecule has 2 aromatic rings. The number of likely N-dealkylation sites (N-methyl/N-ethyl adjacent to an activating group) is 1. The molecule has 0 bridgehead atoms. The summed E-state index contributed by atoms with van der Waals surface area (Å²) in [5, 5.41) is 2.77. The van der Waals surface area contributed by atoms with Gasteiger partial charge in [0.2, 0.25) is 15.9 Å². The van der Waals surface area contributed by atoms with Crippen molar-refractivity contribution < 1.29 is 22.7 Å². The van der Waals surface area contributed by atoms with Crippen LogP contribution < -0.4 is 14.8 Å². The second-order valence-corrected chi connectivity index (χ2v) is 7.99. The summed E-state index contributed by atoms with van der Waals surface area (Å²) in [5.74, 6) is 1.00. The van der Waals surface area contributed by atoms with Gasteiger partial charge in [-0.1, -0.05) is 19.1 Å². The Labute approximate surface area is 166 Å². The van der Waals surface area contributed by atoms with Crippen LogP contribution in [0.15, 0.2) is 53.4 Å². The SMILES string of the molecule is CCN(CC(=O)NCCc1ccc(OC)cc1)S(=O)(=O)c1ccc(OC)cc1. The maximum atomic E-state index is 12.7. The second kappa shape index (κ2) is 10.1. The van der Waals surface area contributed by atoms with Crippen LogP contribution >= 0.6 is 0 Å². The number of benzene rings is 2. The third-order valence-corrected chi connectivity index (χ3v) is 6.20. The van der Waals surface area contributed by atoms with Crippen molar-refractivity contribution in [2.75, 3.05) is 33.9 Å². The third-order valence-electron chi connectivity index (χ3n) is 4.26. The second-order valence-electron chi connectivity index (χ2n) is 6.05. The highest BCUT2D eigenvalue weighted by molar-refractivity contribution is 7.89. The summed E-state index contributed by atoms with van der Waals surface area (Å²) < 4.78 is 36.8. The van der Waals surface area contributed by atoms with Crippen LogP contribution in [0.4, 0.5) is 0 Å². The van der Waals surface area contributed by atoms with Crippen molar-refractivity contribution in [2.24, 2.45) is 0 Å². The zero-order valence-electron chi connectivity index (χ0n) is 16.3. The normalized spacial score (nSPS) is 11.3. The molecule has 7 nitrogen and oxygen atoms in total. The fourth-order valence-electron chi connectivity index (χ4n) is 2.62. The number of carbonyl (C=O) groups is 1. The predicted octanol–water partition coefficient (Wildman–Crippen LogP) is 2.07. The smallest absolute Gasteiger partial charge is 0.243 e. The Bertz CT molecular complexity index is 864. The molecule has 1 amide bonds. The summed E-state index contributed by atoms with van der Waals surface area (Å²) in [6.45, 7) is 2.09. The van der Waals surface area contributed by atoms with Gasteiger partial charge in [0, 0.05) is 13.1 Å². The molecule has 0 saturated carbocycles. The summed E-state index contributed by atoms with van der Waals surface area (Å²) in [4.78, 5) is 12.4. The monoisotopic (exact) mass is 406 g/mol. The first kappa shape index (κ1) is 21.7. The Morgan fingerprint density at radius 2 is 1.50 bits per heavy atom. The average Bonchev–Trinajstić information content (AvgIpc) is 2.72. The highest BCUT2D eigenvalue weighted by Gasteiger charge is 2.25. The van der Waals surface area contributed by atoms with Gasteiger partial charge in [-0.05, 0) is 48.4 Å². The number of carbonyl (C=O) groups excluding carboxylic acids is 1. The molecular formula is C20H26N2O5S. The molecule has 0 spiro atoms. The number of ether oxygens (including phenoxy) is 2. The number of nitrogens with zero attached hydrogens (tertiary/aromatic N) is 1. The minimum Gasteiger partial charge on any atom is -0.497 e. The van der Waals surface area contributed by atoms with Crippen LogP contribution in [0.1, 0.15) is 12.5 Å². The molecule has 0 unspecified atom stereocenters. The number of rotatable bonds is 10. The zero-order valence-corrected chi connectivity index (χ0v) is 17.2. The lowest BCUT2D eigenvalue weighted by Crippen LogP contribution is -2.41. The standard InChI is InChI=1S/C20H26N2O5S/c1-4-22(28(24,25)19-11-9-18(27-3)10-12-19)15-20(23)21-14-13-16-5-7-17(26-2)8-6-16/h5-12H,4,13-15H2,1-3H3,(H,21,23). The van der Waals surface area contributed by atoms with Gasteiger partial charge >= 0.3 is 0 Å². The van der Waals surface area contributed by atoms with Crippen LogP contribution in [0.3, 0.4) is 0 Å². The number of sulfonamides is 1. The zero-order chi connectivity index (χ0) is 20.6. The van der Waals surface area contributed by atoms with Crippen molar-refractivity contribution in [3.8, 4) is 11.5 Å². The van der Waals surface area contributed by atoms with Crippen molar-refractivity contribution >= 4 is 15.9 Å². The van der Waals surface area contributed by atoms with Gasteiger partial charge in [-0.25, -0.2) is 8.42 Å². The maximum Gasteiger partial charge on any atom is 0.243 e. The van der Waals surface area contributed by atoms with Crippen LogP contribution in [-0.4, -0.2) is 52.5 Å². The molecule has 0 aliphatic carbocycles. The van der Waals surface area contributed by atoms with E-state index in [-0.39, 0.29) is 23.9 Å². The van der Waals surface area contributed by atoms with Crippen molar-refractivity contribution in [1.82, 2.24) is 9.62 Å². The van der Waals surface area contributed by atoms with Gasteiger partial charge in [0.05, 0.1) is 25.7 Å². The van der Waals surface area contributed by atoms with Gasteiger partial charge in [-0.15, -0.1) is 0 Å². The van der Waals surface area contributed by atoms with E-state index in [0.29, 0.717) is 18.7 Å². The lowest BCUT2D eigenvalue weighted by molar-refractivity contribution is -0.121. The van der Waals surface area contributed by atoms with E-state index < -0.39 is 10.0 Å².